The Bertz CT molecular complexity index is 1650. The van der Waals surface area contributed by atoms with Crippen molar-refractivity contribution in [1.82, 2.24) is 4.57 Å². The van der Waals surface area contributed by atoms with E-state index in [9.17, 15) is 9.59 Å². The molecular weight excluding hydrogens is 591 g/mol. The maximum absolute atomic E-state index is 13.8. The molecule has 7 nitrogen and oxygen atoms in total. The van der Waals surface area contributed by atoms with E-state index in [1.807, 2.05) is 60.7 Å². The second-order valence-electron chi connectivity index (χ2n) is 7.85. The van der Waals surface area contributed by atoms with Crippen molar-refractivity contribution in [3.8, 4) is 5.75 Å². The molecule has 0 N–H and O–H groups in total. The number of furan rings is 1. The van der Waals surface area contributed by atoms with Crippen LogP contribution in [0.5, 0.6) is 5.75 Å². The topological polar surface area (TPSA) is 83.0 Å². The summed E-state index contributed by atoms with van der Waals surface area (Å²) in [6.45, 7) is 1.94. The maximum atomic E-state index is 13.8. The minimum absolute atomic E-state index is 0.191. The first kappa shape index (κ1) is 24.3. The molecule has 182 valence electrons. The molecule has 0 bridgehead atoms. The molecule has 4 aromatic rings. The Morgan fingerprint density at radius 1 is 1.17 bits per heavy atom. The zero-order chi connectivity index (χ0) is 25.2. The van der Waals surface area contributed by atoms with Crippen LogP contribution in [0.1, 0.15) is 29.9 Å². The molecular formula is C27H21IN2O5S. The van der Waals surface area contributed by atoms with Gasteiger partial charge in [0.15, 0.2) is 8.57 Å². The second kappa shape index (κ2) is 10.3. The van der Waals surface area contributed by atoms with Gasteiger partial charge in [-0.25, -0.2) is 9.79 Å². The average molecular weight is 612 g/mol. The number of carbonyl (C=O) groups excluding carboxylic acids is 1. The van der Waals surface area contributed by atoms with Crippen molar-refractivity contribution in [2.75, 3.05) is 13.7 Å². The van der Waals surface area contributed by atoms with E-state index in [4.69, 9.17) is 18.9 Å². The summed E-state index contributed by atoms with van der Waals surface area (Å²) in [6.07, 6.45) is 1.70. The molecule has 0 aliphatic carbocycles. The van der Waals surface area contributed by atoms with Crippen LogP contribution in [0.15, 0.2) is 86.5 Å². The number of nitrogens with zero attached hydrogens (tertiary/aromatic N) is 2. The van der Waals surface area contributed by atoms with Crippen LogP contribution in [0.2, 0.25) is 0 Å². The maximum Gasteiger partial charge on any atom is 0.338 e. The highest BCUT2D eigenvalue weighted by atomic mass is 127. The van der Waals surface area contributed by atoms with Crippen LogP contribution < -0.4 is 19.6 Å². The quantitative estimate of drug-likeness (QED) is 0.242. The van der Waals surface area contributed by atoms with Crippen LogP contribution in [-0.4, -0.2) is 24.3 Å². The van der Waals surface area contributed by atoms with Gasteiger partial charge in [-0.3, -0.25) is 9.36 Å². The van der Waals surface area contributed by atoms with Gasteiger partial charge in [0.05, 0.1) is 35.6 Å². The van der Waals surface area contributed by atoms with Crippen molar-refractivity contribution in [2.24, 2.45) is 4.99 Å². The molecule has 0 spiro atoms. The number of hydrogen-bond acceptors (Lipinski definition) is 7. The van der Waals surface area contributed by atoms with E-state index in [1.54, 1.807) is 30.7 Å². The third kappa shape index (κ3) is 4.56. The molecule has 0 amide bonds. The number of methoxy groups -OCH3 is 1. The van der Waals surface area contributed by atoms with Gasteiger partial charge in [-0.1, -0.05) is 53.8 Å². The molecule has 1 aliphatic rings. The van der Waals surface area contributed by atoms with Crippen molar-refractivity contribution >= 4 is 51.7 Å². The van der Waals surface area contributed by atoms with Crippen LogP contribution in [0, 0.1) is 3.77 Å². The van der Waals surface area contributed by atoms with Gasteiger partial charge in [0.2, 0.25) is 0 Å². The zero-order valence-corrected chi connectivity index (χ0v) is 22.4. The van der Waals surface area contributed by atoms with Gasteiger partial charge in [-0.2, -0.15) is 0 Å². The van der Waals surface area contributed by atoms with E-state index in [0.29, 0.717) is 37.7 Å². The summed E-state index contributed by atoms with van der Waals surface area (Å²) >= 11 is 3.33. The molecule has 9 heteroatoms. The van der Waals surface area contributed by atoms with E-state index < -0.39 is 12.0 Å². The smallest absolute Gasteiger partial charge is 0.338 e. The SMILES string of the molecule is CCOC(=O)C1=C(c2ccccc2)N=c2s/c(=C/c3ccc(I)o3)c(=O)n2[C@@H]1c1cccc(OC)c1. The molecule has 1 aliphatic heterocycles. The first-order valence-electron chi connectivity index (χ1n) is 11.2. The fraction of sp³-hybridized carbons (Fsp3) is 0.148. The molecule has 5 rings (SSSR count). The van der Waals surface area contributed by atoms with Crippen molar-refractivity contribution in [3.05, 3.63) is 113 Å². The number of aromatic nitrogens is 1. The van der Waals surface area contributed by atoms with E-state index >= 15 is 0 Å². The Morgan fingerprint density at radius 2 is 1.97 bits per heavy atom. The fourth-order valence-corrected chi connectivity index (χ4v) is 5.52. The molecule has 0 saturated carbocycles. The molecule has 2 aromatic carbocycles. The van der Waals surface area contributed by atoms with E-state index in [1.165, 1.54) is 11.3 Å². The summed E-state index contributed by atoms with van der Waals surface area (Å²) in [5.74, 6) is 0.652. The largest absolute Gasteiger partial charge is 0.497 e. The molecule has 0 radical (unpaired) electrons. The Labute approximate surface area is 224 Å². The summed E-state index contributed by atoms with van der Waals surface area (Å²) in [5.41, 5.74) is 1.96. The predicted molar refractivity (Wildman–Crippen MR) is 145 cm³/mol. The third-order valence-electron chi connectivity index (χ3n) is 5.65. The Balaban J connectivity index is 1.84. The normalized spacial score (nSPS) is 15.4. The molecule has 0 unspecified atom stereocenters. The Morgan fingerprint density at radius 3 is 2.67 bits per heavy atom. The van der Waals surface area contributed by atoms with Crippen LogP contribution in [0.3, 0.4) is 0 Å². The molecule has 36 heavy (non-hydrogen) atoms. The highest BCUT2D eigenvalue weighted by Gasteiger charge is 2.35. The predicted octanol–water partition coefficient (Wildman–Crippen LogP) is 4.14. The number of benzene rings is 2. The van der Waals surface area contributed by atoms with Gasteiger partial charge in [0, 0.05) is 11.6 Å². The number of esters is 1. The van der Waals surface area contributed by atoms with E-state index in [2.05, 4.69) is 22.6 Å². The van der Waals surface area contributed by atoms with Gasteiger partial charge in [-0.05, 0) is 59.3 Å². The standard InChI is InChI=1S/C27H21IN2O5S/c1-3-34-26(32)22-23(16-8-5-4-6-9-16)29-27-30(24(22)17-10-7-11-18(14-17)33-2)25(31)20(36-27)15-19-12-13-21(28)35-19/h4-15,24H,3H2,1-2H3/b20-15+/t24-/m1/s1. The highest BCUT2D eigenvalue weighted by Crippen LogP contribution is 2.36. The van der Waals surface area contributed by atoms with Crippen molar-refractivity contribution in [1.29, 1.82) is 0 Å². The molecule has 0 fully saturated rings. The number of halogens is 1. The molecule has 3 heterocycles. The number of fused-ring (bicyclic) bond motifs is 1. The lowest BCUT2D eigenvalue weighted by Gasteiger charge is -2.26. The number of rotatable bonds is 6. The Hall–Kier alpha value is -3.44. The Kier molecular flexibility index (Phi) is 6.92. The molecule has 0 saturated heterocycles. The van der Waals surface area contributed by atoms with Gasteiger partial charge in [0.1, 0.15) is 11.5 Å². The summed E-state index contributed by atoms with van der Waals surface area (Å²) in [6, 6.07) is 19.7. The lowest BCUT2D eigenvalue weighted by atomic mass is 9.93. The lowest BCUT2D eigenvalue weighted by molar-refractivity contribution is -0.138. The monoisotopic (exact) mass is 612 g/mol. The van der Waals surface area contributed by atoms with Crippen molar-refractivity contribution < 1.29 is 18.7 Å². The molecule has 2 aromatic heterocycles. The number of carbonyl (C=O) groups is 1. The molecule has 1 atom stereocenters. The second-order valence-corrected chi connectivity index (χ2v) is 9.92. The van der Waals surface area contributed by atoms with Crippen molar-refractivity contribution in [2.45, 2.75) is 13.0 Å². The van der Waals surface area contributed by atoms with Crippen LogP contribution in [0.25, 0.3) is 11.8 Å². The summed E-state index contributed by atoms with van der Waals surface area (Å²) in [7, 11) is 1.58. The van der Waals surface area contributed by atoms with Gasteiger partial charge < -0.3 is 13.9 Å². The van der Waals surface area contributed by atoms with Gasteiger partial charge in [-0.15, -0.1) is 0 Å². The van der Waals surface area contributed by atoms with Crippen LogP contribution in [-0.2, 0) is 9.53 Å². The minimum atomic E-state index is -0.760. The van der Waals surface area contributed by atoms with Crippen LogP contribution in [0.4, 0.5) is 0 Å². The van der Waals surface area contributed by atoms with E-state index in [0.717, 1.165) is 9.33 Å². The zero-order valence-electron chi connectivity index (χ0n) is 19.4. The van der Waals surface area contributed by atoms with Gasteiger partial charge >= 0.3 is 5.97 Å². The van der Waals surface area contributed by atoms with Crippen LogP contribution >= 0.6 is 33.9 Å². The lowest BCUT2D eigenvalue weighted by Crippen LogP contribution is -2.40. The summed E-state index contributed by atoms with van der Waals surface area (Å²) in [5, 5.41) is 0. The minimum Gasteiger partial charge on any atom is -0.497 e. The van der Waals surface area contributed by atoms with Crippen molar-refractivity contribution in [3.63, 3.8) is 0 Å². The highest BCUT2D eigenvalue weighted by molar-refractivity contribution is 14.1. The number of ether oxygens (including phenoxy) is 2. The number of hydrogen-bond donors (Lipinski definition) is 0. The summed E-state index contributed by atoms with van der Waals surface area (Å²) in [4.78, 5) is 32.5. The average Bonchev–Trinajstić information content (AvgIpc) is 3.45. The van der Waals surface area contributed by atoms with E-state index in [-0.39, 0.29) is 12.2 Å². The first-order valence-corrected chi connectivity index (χ1v) is 13.1. The number of thiazole rings is 1. The fourth-order valence-electron chi connectivity index (χ4n) is 4.10. The summed E-state index contributed by atoms with van der Waals surface area (Å²) < 4.78 is 19.3. The third-order valence-corrected chi connectivity index (χ3v) is 7.21. The first-order chi connectivity index (χ1) is 17.5. The van der Waals surface area contributed by atoms with Gasteiger partial charge in [0.25, 0.3) is 5.56 Å².